The summed E-state index contributed by atoms with van der Waals surface area (Å²) in [6, 6.07) is 8.22. The van der Waals surface area contributed by atoms with Crippen molar-refractivity contribution in [1.82, 2.24) is 0 Å². The van der Waals surface area contributed by atoms with Crippen LogP contribution in [0.25, 0.3) is 0 Å². The summed E-state index contributed by atoms with van der Waals surface area (Å²) in [5.41, 5.74) is 2.26. The van der Waals surface area contributed by atoms with Crippen molar-refractivity contribution in [3.63, 3.8) is 0 Å². The van der Waals surface area contributed by atoms with Crippen LogP contribution in [0.2, 0.25) is 0 Å². The standard InChI is InChI=1S/C16H21NO/c1-2-11-4-7-14(8-5-11)17-16(18)15-10-12-3-6-13(15)9-12/h4-5,7-8,12-13,15H,2-3,6,9-10H2,1H3,(H,17,18). The molecular formula is C16H21NO. The van der Waals surface area contributed by atoms with Crippen molar-refractivity contribution in [2.24, 2.45) is 17.8 Å². The lowest BCUT2D eigenvalue weighted by molar-refractivity contribution is -0.121. The Morgan fingerprint density at radius 2 is 2.00 bits per heavy atom. The van der Waals surface area contributed by atoms with Gasteiger partial charge in [0.25, 0.3) is 0 Å². The zero-order valence-corrected chi connectivity index (χ0v) is 11.0. The van der Waals surface area contributed by atoms with Crippen LogP contribution in [0, 0.1) is 17.8 Å². The second-order valence-corrected chi connectivity index (χ2v) is 5.82. The molecule has 2 aliphatic carbocycles. The zero-order valence-electron chi connectivity index (χ0n) is 11.0. The van der Waals surface area contributed by atoms with E-state index in [9.17, 15) is 4.79 Å². The summed E-state index contributed by atoms with van der Waals surface area (Å²) in [6.45, 7) is 2.14. The third-order valence-electron chi connectivity index (χ3n) is 4.70. The number of benzene rings is 1. The average molecular weight is 243 g/mol. The van der Waals surface area contributed by atoms with Gasteiger partial charge in [-0.15, -0.1) is 0 Å². The number of anilines is 1. The number of rotatable bonds is 3. The predicted molar refractivity (Wildman–Crippen MR) is 73.4 cm³/mol. The fourth-order valence-electron chi connectivity index (χ4n) is 3.62. The number of carbonyl (C=O) groups is 1. The molecule has 2 nitrogen and oxygen atoms in total. The molecule has 1 amide bonds. The van der Waals surface area contributed by atoms with Crippen LogP contribution >= 0.6 is 0 Å². The van der Waals surface area contributed by atoms with Gasteiger partial charge in [0.1, 0.15) is 0 Å². The van der Waals surface area contributed by atoms with E-state index in [1.54, 1.807) is 0 Å². The Kier molecular flexibility index (Phi) is 3.11. The molecule has 0 spiro atoms. The van der Waals surface area contributed by atoms with E-state index in [1.165, 1.54) is 24.8 Å². The molecule has 2 fully saturated rings. The summed E-state index contributed by atoms with van der Waals surface area (Å²) in [5, 5.41) is 3.08. The van der Waals surface area contributed by atoms with E-state index in [0.717, 1.165) is 24.4 Å². The van der Waals surface area contributed by atoms with Crippen LogP contribution in [0.4, 0.5) is 5.69 Å². The first-order valence-corrected chi connectivity index (χ1v) is 7.16. The summed E-state index contributed by atoms with van der Waals surface area (Å²) >= 11 is 0. The number of aryl methyl sites for hydroxylation is 1. The van der Waals surface area contributed by atoms with Crippen LogP contribution in [-0.4, -0.2) is 5.91 Å². The van der Waals surface area contributed by atoms with Gasteiger partial charge in [0, 0.05) is 11.6 Å². The maximum atomic E-state index is 12.2. The monoisotopic (exact) mass is 243 g/mol. The number of hydrogen-bond donors (Lipinski definition) is 1. The first kappa shape index (κ1) is 11.8. The molecule has 1 aromatic carbocycles. The Hall–Kier alpha value is -1.31. The van der Waals surface area contributed by atoms with E-state index in [0.29, 0.717) is 5.92 Å². The van der Waals surface area contributed by atoms with Gasteiger partial charge in [-0.3, -0.25) is 4.79 Å². The molecule has 2 heteroatoms. The maximum absolute atomic E-state index is 12.2. The SMILES string of the molecule is CCc1ccc(NC(=O)C2CC3CCC2C3)cc1. The van der Waals surface area contributed by atoms with Gasteiger partial charge in [0.15, 0.2) is 0 Å². The quantitative estimate of drug-likeness (QED) is 0.863. The van der Waals surface area contributed by atoms with Crippen molar-refractivity contribution in [3.8, 4) is 0 Å². The molecule has 1 aromatic rings. The molecule has 1 N–H and O–H groups in total. The highest BCUT2D eigenvalue weighted by Gasteiger charge is 2.42. The highest BCUT2D eigenvalue weighted by Crippen LogP contribution is 2.48. The van der Waals surface area contributed by atoms with Crippen LogP contribution in [-0.2, 0) is 11.2 Å². The molecule has 2 saturated carbocycles. The summed E-state index contributed by atoms with van der Waals surface area (Å²) in [4.78, 5) is 12.2. The summed E-state index contributed by atoms with van der Waals surface area (Å²) in [5.74, 6) is 2.00. The Labute approximate surface area is 109 Å². The first-order valence-electron chi connectivity index (χ1n) is 7.16. The number of fused-ring (bicyclic) bond motifs is 2. The van der Waals surface area contributed by atoms with Gasteiger partial charge in [-0.25, -0.2) is 0 Å². The number of nitrogens with one attached hydrogen (secondary N) is 1. The summed E-state index contributed by atoms with van der Waals surface area (Å²) in [6.07, 6.45) is 6.05. The molecule has 3 rings (SSSR count). The van der Waals surface area contributed by atoms with Gasteiger partial charge in [-0.1, -0.05) is 25.5 Å². The van der Waals surface area contributed by atoms with E-state index in [1.807, 2.05) is 12.1 Å². The first-order chi connectivity index (χ1) is 8.76. The fraction of sp³-hybridized carbons (Fsp3) is 0.562. The van der Waals surface area contributed by atoms with Gasteiger partial charge >= 0.3 is 0 Å². The Balaban J connectivity index is 1.63. The molecule has 0 heterocycles. The van der Waals surface area contributed by atoms with E-state index in [4.69, 9.17) is 0 Å². The number of hydrogen-bond acceptors (Lipinski definition) is 1. The van der Waals surface area contributed by atoms with Crippen molar-refractivity contribution in [2.45, 2.75) is 39.0 Å². The van der Waals surface area contributed by atoms with Crippen LogP contribution in [0.15, 0.2) is 24.3 Å². The third-order valence-corrected chi connectivity index (χ3v) is 4.70. The molecule has 2 aliphatic rings. The fourth-order valence-corrected chi connectivity index (χ4v) is 3.62. The minimum absolute atomic E-state index is 0.242. The van der Waals surface area contributed by atoms with Crippen molar-refractivity contribution in [3.05, 3.63) is 29.8 Å². The molecule has 18 heavy (non-hydrogen) atoms. The second-order valence-electron chi connectivity index (χ2n) is 5.82. The lowest BCUT2D eigenvalue weighted by Crippen LogP contribution is -2.27. The third kappa shape index (κ3) is 2.16. The van der Waals surface area contributed by atoms with E-state index in [2.05, 4.69) is 24.4 Å². The van der Waals surface area contributed by atoms with E-state index in [-0.39, 0.29) is 11.8 Å². The van der Waals surface area contributed by atoms with Crippen molar-refractivity contribution < 1.29 is 4.79 Å². The van der Waals surface area contributed by atoms with Gasteiger partial charge in [0.2, 0.25) is 5.91 Å². The largest absolute Gasteiger partial charge is 0.326 e. The Bertz CT molecular complexity index is 437. The van der Waals surface area contributed by atoms with Crippen molar-refractivity contribution in [2.75, 3.05) is 5.32 Å². The summed E-state index contributed by atoms with van der Waals surface area (Å²) in [7, 11) is 0. The molecule has 96 valence electrons. The zero-order chi connectivity index (χ0) is 12.5. The van der Waals surface area contributed by atoms with Crippen LogP contribution in [0.5, 0.6) is 0 Å². The number of carbonyl (C=O) groups excluding carboxylic acids is 1. The second kappa shape index (κ2) is 4.75. The van der Waals surface area contributed by atoms with E-state index >= 15 is 0 Å². The topological polar surface area (TPSA) is 29.1 Å². The maximum Gasteiger partial charge on any atom is 0.227 e. The van der Waals surface area contributed by atoms with Gasteiger partial charge in [-0.05, 0) is 55.2 Å². The van der Waals surface area contributed by atoms with Crippen molar-refractivity contribution in [1.29, 1.82) is 0 Å². The molecule has 0 aromatic heterocycles. The van der Waals surface area contributed by atoms with Crippen LogP contribution < -0.4 is 5.32 Å². The molecule has 2 bridgehead atoms. The minimum Gasteiger partial charge on any atom is -0.326 e. The van der Waals surface area contributed by atoms with Gasteiger partial charge < -0.3 is 5.32 Å². The van der Waals surface area contributed by atoms with Gasteiger partial charge in [0.05, 0.1) is 0 Å². The van der Waals surface area contributed by atoms with Crippen LogP contribution in [0.1, 0.15) is 38.2 Å². The Morgan fingerprint density at radius 1 is 1.22 bits per heavy atom. The van der Waals surface area contributed by atoms with Crippen molar-refractivity contribution >= 4 is 11.6 Å². The normalized spacial score (nSPS) is 29.5. The molecule has 0 saturated heterocycles. The molecule has 3 unspecified atom stereocenters. The molecular weight excluding hydrogens is 222 g/mol. The highest BCUT2D eigenvalue weighted by atomic mass is 16.1. The highest BCUT2D eigenvalue weighted by molar-refractivity contribution is 5.93. The summed E-state index contributed by atoms with van der Waals surface area (Å²) < 4.78 is 0. The Morgan fingerprint density at radius 3 is 2.56 bits per heavy atom. The molecule has 0 aliphatic heterocycles. The lowest BCUT2D eigenvalue weighted by atomic mass is 9.88. The number of amides is 1. The van der Waals surface area contributed by atoms with E-state index < -0.39 is 0 Å². The van der Waals surface area contributed by atoms with Gasteiger partial charge in [-0.2, -0.15) is 0 Å². The predicted octanol–water partition coefficient (Wildman–Crippen LogP) is 3.62. The smallest absolute Gasteiger partial charge is 0.227 e. The average Bonchev–Trinajstić information content (AvgIpc) is 3.02. The lowest BCUT2D eigenvalue weighted by Gasteiger charge is -2.20. The molecule has 0 radical (unpaired) electrons. The minimum atomic E-state index is 0.242. The van der Waals surface area contributed by atoms with Crippen LogP contribution in [0.3, 0.4) is 0 Å². The molecule has 3 atom stereocenters.